The quantitative estimate of drug-likeness (QED) is 0.275. The van der Waals surface area contributed by atoms with E-state index in [1.807, 2.05) is 13.8 Å². The molecule has 0 saturated heterocycles. The number of rotatable bonds is 9. The van der Waals surface area contributed by atoms with Gasteiger partial charge in [0.25, 0.3) is 0 Å². The molecule has 0 amide bonds. The summed E-state index contributed by atoms with van der Waals surface area (Å²) in [5.74, 6) is -0.332. The number of esters is 1. The molecule has 1 atom stereocenters. The fourth-order valence-electron chi connectivity index (χ4n) is 1.75. The van der Waals surface area contributed by atoms with Crippen LogP contribution in [0.4, 0.5) is 0 Å². The number of carbonyl (C=O) groups excluding carboxylic acids is 1. The average molecular weight is 258 g/mol. The third kappa shape index (κ3) is 9.12. The lowest BCUT2D eigenvalue weighted by Crippen LogP contribution is -2.29. The smallest absolute Gasteiger partial charge is 0.330 e. The van der Waals surface area contributed by atoms with E-state index in [4.69, 9.17) is 9.16 Å². The Morgan fingerprint density at radius 1 is 1.41 bits per heavy atom. The minimum atomic E-state index is -1.44. The molecule has 0 fully saturated rings. The van der Waals surface area contributed by atoms with E-state index in [1.54, 1.807) is 0 Å². The SMILES string of the molecule is C=CC(=O)OC(C)CCCC[Si](C)(C)OCC. The van der Waals surface area contributed by atoms with E-state index < -0.39 is 8.32 Å². The normalized spacial score (nSPS) is 13.2. The highest BCUT2D eigenvalue weighted by atomic mass is 28.4. The van der Waals surface area contributed by atoms with Crippen LogP contribution in [0.2, 0.25) is 19.1 Å². The topological polar surface area (TPSA) is 35.5 Å². The van der Waals surface area contributed by atoms with Crippen molar-refractivity contribution in [2.75, 3.05) is 6.61 Å². The Kier molecular flexibility index (Phi) is 8.17. The van der Waals surface area contributed by atoms with Gasteiger partial charge in [0.15, 0.2) is 8.32 Å². The lowest BCUT2D eigenvalue weighted by molar-refractivity contribution is -0.142. The van der Waals surface area contributed by atoms with E-state index in [2.05, 4.69) is 19.7 Å². The van der Waals surface area contributed by atoms with Crippen molar-refractivity contribution in [3.05, 3.63) is 12.7 Å². The van der Waals surface area contributed by atoms with Crippen molar-refractivity contribution >= 4 is 14.3 Å². The van der Waals surface area contributed by atoms with Crippen LogP contribution in [0, 0.1) is 0 Å². The molecule has 4 heteroatoms. The maximum absolute atomic E-state index is 10.9. The van der Waals surface area contributed by atoms with E-state index in [0.717, 1.165) is 25.9 Å². The first-order valence-corrected chi connectivity index (χ1v) is 9.50. The van der Waals surface area contributed by atoms with Gasteiger partial charge in [-0.1, -0.05) is 13.0 Å². The van der Waals surface area contributed by atoms with Gasteiger partial charge in [-0.25, -0.2) is 4.79 Å². The summed E-state index contributed by atoms with van der Waals surface area (Å²) >= 11 is 0. The molecule has 0 bridgehead atoms. The number of unbranched alkanes of at least 4 members (excludes halogenated alkanes) is 1. The third-order valence-corrected chi connectivity index (χ3v) is 5.29. The monoisotopic (exact) mass is 258 g/mol. The van der Waals surface area contributed by atoms with Gasteiger partial charge < -0.3 is 9.16 Å². The minimum Gasteiger partial charge on any atom is -0.460 e. The standard InChI is InChI=1S/C13H26O3Si/c1-6-13(14)16-12(3)10-8-9-11-17(4,5)15-7-2/h6,12H,1,7-11H2,2-5H3. The Morgan fingerprint density at radius 3 is 2.59 bits per heavy atom. The predicted octanol–water partition coefficient (Wildman–Crippen LogP) is 3.52. The first kappa shape index (κ1) is 16.4. The summed E-state index contributed by atoms with van der Waals surface area (Å²) in [6, 6.07) is 1.17. The summed E-state index contributed by atoms with van der Waals surface area (Å²) in [7, 11) is -1.44. The molecular weight excluding hydrogens is 232 g/mol. The molecule has 0 saturated carbocycles. The molecule has 0 N–H and O–H groups in total. The second-order valence-corrected chi connectivity index (χ2v) is 9.20. The lowest BCUT2D eigenvalue weighted by atomic mass is 10.2. The Morgan fingerprint density at radius 2 is 2.06 bits per heavy atom. The second kappa shape index (κ2) is 8.47. The van der Waals surface area contributed by atoms with Crippen molar-refractivity contribution in [3.8, 4) is 0 Å². The van der Waals surface area contributed by atoms with Crippen LogP contribution in [0.3, 0.4) is 0 Å². The molecule has 0 aliphatic carbocycles. The highest BCUT2D eigenvalue weighted by Crippen LogP contribution is 2.17. The molecule has 0 rings (SSSR count). The van der Waals surface area contributed by atoms with E-state index in [1.165, 1.54) is 12.1 Å². The van der Waals surface area contributed by atoms with E-state index >= 15 is 0 Å². The molecule has 3 nitrogen and oxygen atoms in total. The highest BCUT2D eigenvalue weighted by Gasteiger charge is 2.20. The summed E-state index contributed by atoms with van der Waals surface area (Å²) in [6.45, 7) is 12.7. The molecule has 0 aromatic rings. The molecule has 0 aromatic heterocycles. The van der Waals surface area contributed by atoms with Crippen molar-refractivity contribution < 1.29 is 14.0 Å². The maximum Gasteiger partial charge on any atom is 0.330 e. The van der Waals surface area contributed by atoms with Crippen LogP contribution < -0.4 is 0 Å². The van der Waals surface area contributed by atoms with Crippen LogP contribution in [-0.4, -0.2) is 27.0 Å². The lowest BCUT2D eigenvalue weighted by Gasteiger charge is -2.22. The van der Waals surface area contributed by atoms with E-state index in [-0.39, 0.29) is 12.1 Å². The minimum absolute atomic E-state index is 0.0163. The number of hydrogen-bond donors (Lipinski definition) is 0. The van der Waals surface area contributed by atoms with E-state index in [0.29, 0.717) is 0 Å². The number of ether oxygens (including phenoxy) is 1. The van der Waals surface area contributed by atoms with Crippen molar-refractivity contribution in [1.82, 2.24) is 0 Å². The number of hydrogen-bond acceptors (Lipinski definition) is 3. The molecule has 100 valence electrons. The first-order valence-electron chi connectivity index (χ1n) is 6.38. The van der Waals surface area contributed by atoms with Crippen LogP contribution in [-0.2, 0) is 14.0 Å². The van der Waals surface area contributed by atoms with Crippen molar-refractivity contribution in [3.63, 3.8) is 0 Å². The van der Waals surface area contributed by atoms with Crippen LogP contribution in [0.15, 0.2) is 12.7 Å². The molecule has 17 heavy (non-hydrogen) atoms. The van der Waals surface area contributed by atoms with Crippen molar-refractivity contribution in [2.24, 2.45) is 0 Å². The molecular formula is C13H26O3Si. The molecule has 0 radical (unpaired) electrons. The fourth-order valence-corrected chi connectivity index (χ4v) is 3.78. The molecule has 0 spiro atoms. The van der Waals surface area contributed by atoms with Gasteiger partial charge in [0.2, 0.25) is 0 Å². The first-order chi connectivity index (χ1) is 7.91. The Balaban J connectivity index is 3.63. The van der Waals surface area contributed by atoms with Crippen molar-refractivity contribution in [1.29, 1.82) is 0 Å². The third-order valence-electron chi connectivity index (χ3n) is 2.66. The van der Waals surface area contributed by atoms with Crippen LogP contribution in [0.5, 0.6) is 0 Å². The zero-order valence-corrected chi connectivity index (χ0v) is 12.6. The van der Waals surface area contributed by atoms with Gasteiger partial charge >= 0.3 is 5.97 Å². The second-order valence-electron chi connectivity index (χ2n) is 4.89. The zero-order valence-electron chi connectivity index (χ0n) is 11.6. The average Bonchev–Trinajstić information content (AvgIpc) is 2.24. The largest absolute Gasteiger partial charge is 0.460 e. The molecule has 0 heterocycles. The summed E-state index contributed by atoms with van der Waals surface area (Å²) in [5, 5.41) is 0. The Hall–Kier alpha value is -0.613. The van der Waals surface area contributed by atoms with Gasteiger partial charge in [-0.3, -0.25) is 0 Å². The highest BCUT2D eigenvalue weighted by molar-refractivity contribution is 6.71. The molecule has 0 aliphatic rings. The summed E-state index contributed by atoms with van der Waals surface area (Å²) in [6.07, 6.45) is 4.33. The van der Waals surface area contributed by atoms with Gasteiger partial charge in [-0.15, -0.1) is 0 Å². The van der Waals surface area contributed by atoms with Gasteiger partial charge in [-0.2, -0.15) is 0 Å². The van der Waals surface area contributed by atoms with Crippen LogP contribution in [0.25, 0.3) is 0 Å². The summed E-state index contributed by atoms with van der Waals surface area (Å²) < 4.78 is 10.9. The van der Waals surface area contributed by atoms with Gasteiger partial charge in [0.05, 0.1) is 6.10 Å². The van der Waals surface area contributed by atoms with Crippen LogP contribution >= 0.6 is 0 Å². The zero-order chi connectivity index (χ0) is 13.3. The summed E-state index contributed by atoms with van der Waals surface area (Å²) in [4.78, 5) is 10.9. The van der Waals surface area contributed by atoms with Crippen molar-refractivity contribution in [2.45, 2.75) is 58.4 Å². The maximum atomic E-state index is 10.9. The van der Waals surface area contributed by atoms with E-state index in [9.17, 15) is 4.79 Å². The van der Waals surface area contributed by atoms with Gasteiger partial charge in [-0.05, 0) is 45.8 Å². The molecule has 0 aliphatic heterocycles. The van der Waals surface area contributed by atoms with Crippen LogP contribution in [0.1, 0.15) is 33.1 Å². The summed E-state index contributed by atoms with van der Waals surface area (Å²) in [5.41, 5.74) is 0. The number of carbonyl (C=O) groups is 1. The Labute approximate surface area is 106 Å². The fraction of sp³-hybridized carbons (Fsp3) is 0.769. The molecule has 0 aromatic carbocycles. The predicted molar refractivity (Wildman–Crippen MR) is 73.5 cm³/mol. The van der Waals surface area contributed by atoms with Gasteiger partial charge in [0.1, 0.15) is 0 Å². The van der Waals surface area contributed by atoms with Gasteiger partial charge in [0, 0.05) is 12.7 Å². The molecule has 1 unspecified atom stereocenters. The Bertz CT molecular complexity index is 239.